The van der Waals surface area contributed by atoms with Gasteiger partial charge < -0.3 is 5.32 Å². The Labute approximate surface area is 152 Å². The molecule has 3 rings (SSSR count). The zero-order chi connectivity index (χ0) is 18.6. The Bertz CT molecular complexity index is 997. The standard InChI is InChI=1S/C20H18N2O3S/c1-15-7-13-19(14-8-15)26(24,25)22-20(23)21-18-11-9-17(10-12-18)16-5-3-2-4-6-16/h2-14H,1H3,(H2,21,22,23). The van der Waals surface area contributed by atoms with Gasteiger partial charge in [0.1, 0.15) is 0 Å². The van der Waals surface area contributed by atoms with Crippen molar-refractivity contribution in [2.24, 2.45) is 0 Å². The topological polar surface area (TPSA) is 75.3 Å². The fourth-order valence-corrected chi connectivity index (χ4v) is 3.34. The van der Waals surface area contributed by atoms with Crippen LogP contribution in [-0.4, -0.2) is 14.4 Å². The van der Waals surface area contributed by atoms with Crippen molar-refractivity contribution in [1.82, 2.24) is 4.72 Å². The van der Waals surface area contributed by atoms with Gasteiger partial charge in [0.15, 0.2) is 0 Å². The number of hydrogen-bond donors (Lipinski definition) is 2. The van der Waals surface area contributed by atoms with Crippen LogP contribution in [0.4, 0.5) is 10.5 Å². The van der Waals surface area contributed by atoms with Gasteiger partial charge in [-0.2, -0.15) is 0 Å². The van der Waals surface area contributed by atoms with E-state index in [1.807, 2.05) is 54.1 Å². The predicted molar refractivity (Wildman–Crippen MR) is 102 cm³/mol. The highest BCUT2D eigenvalue weighted by Gasteiger charge is 2.17. The average Bonchev–Trinajstić information content (AvgIpc) is 2.63. The van der Waals surface area contributed by atoms with Crippen molar-refractivity contribution in [3.63, 3.8) is 0 Å². The molecule has 0 saturated heterocycles. The third kappa shape index (κ3) is 4.29. The first-order chi connectivity index (χ1) is 12.4. The molecule has 132 valence electrons. The summed E-state index contributed by atoms with van der Waals surface area (Å²) in [5.74, 6) is 0. The summed E-state index contributed by atoms with van der Waals surface area (Å²) in [6.07, 6.45) is 0. The van der Waals surface area contributed by atoms with E-state index in [4.69, 9.17) is 0 Å². The molecule has 2 N–H and O–H groups in total. The summed E-state index contributed by atoms with van der Waals surface area (Å²) in [4.78, 5) is 12.1. The summed E-state index contributed by atoms with van der Waals surface area (Å²) in [6, 6.07) is 22.4. The second kappa shape index (κ2) is 7.41. The molecule has 0 spiro atoms. The Morgan fingerprint density at radius 3 is 1.96 bits per heavy atom. The number of urea groups is 1. The molecular weight excluding hydrogens is 348 g/mol. The van der Waals surface area contributed by atoms with Crippen LogP contribution in [0, 0.1) is 6.92 Å². The average molecular weight is 366 g/mol. The number of anilines is 1. The van der Waals surface area contributed by atoms with E-state index in [-0.39, 0.29) is 4.90 Å². The van der Waals surface area contributed by atoms with Crippen LogP contribution in [0.3, 0.4) is 0 Å². The molecule has 0 aliphatic rings. The zero-order valence-corrected chi connectivity index (χ0v) is 15.0. The van der Waals surface area contributed by atoms with E-state index >= 15 is 0 Å². The number of benzene rings is 3. The maximum Gasteiger partial charge on any atom is 0.333 e. The lowest BCUT2D eigenvalue weighted by molar-refractivity contribution is 0.256. The van der Waals surface area contributed by atoms with Gasteiger partial charge in [-0.15, -0.1) is 0 Å². The van der Waals surface area contributed by atoms with Crippen LogP contribution in [0.25, 0.3) is 11.1 Å². The lowest BCUT2D eigenvalue weighted by atomic mass is 10.1. The van der Waals surface area contributed by atoms with E-state index < -0.39 is 16.1 Å². The fraction of sp³-hybridized carbons (Fsp3) is 0.0500. The Hall–Kier alpha value is -3.12. The number of rotatable bonds is 4. The van der Waals surface area contributed by atoms with Gasteiger partial charge in [0.2, 0.25) is 0 Å². The molecule has 0 atom stereocenters. The Balaban J connectivity index is 1.67. The number of carbonyl (C=O) groups excluding carboxylic acids is 1. The van der Waals surface area contributed by atoms with Crippen LogP contribution >= 0.6 is 0 Å². The van der Waals surface area contributed by atoms with Crippen molar-refractivity contribution in [2.75, 3.05) is 5.32 Å². The van der Waals surface area contributed by atoms with Crippen molar-refractivity contribution in [1.29, 1.82) is 0 Å². The van der Waals surface area contributed by atoms with Crippen molar-refractivity contribution < 1.29 is 13.2 Å². The van der Waals surface area contributed by atoms with Crippen LogP contribution in [0.15, 0.2) is 83.8 Å². The van der Waals surface area contributed by atoms with Gasteiger partial charge in [-0.05, 0) is 42.3 Å². The van der Waals surface area contributed by atoms with E-state index in [0.29, 0.717) is 5.69 Å². The van der Waals surface area contributed by atoms with Crippen molar-refractivity contribution >= 4 is 21.7 Å². The van der Waals surface area contributed by atoms with Crippen LogP contribution in [0.5, 0.6) is 0 Å². The smallest absolute Gasteiger partial charge is 0.307 e. The molecule has 6 heteroatoms. The Kier molecular flexibility index (Phi) is 5.04. The molecule has 26 heavy (non-hydrogen) atoms. The number of nitrogens with one attached hydrogen (secondary N) is 2. The highest BCUT2D eigenvalue weighted by Crippen LogP contribution is 2.21. The van der Waals surface area contributed by atoms with Crippen LogP contribution in [-0.2, 0) is 10.0 Å². The first-order valence-corrected chi connectivity index (χ1v) is 9.48. The van der Waals surface area contributed by atoms with Crippen LogP contribution in [0.1, 0.15) is 5.56 Å². The van der Waals surface area contributed by atoms with Crippen LogP contribution < -0.4 is 10.0 Å². The van der Waals surface area contributed by atoms with E-state index in [1.54, 1.807) is 24.3 Å². The molecule has 0 aliphatic heterocycles. The largest absolute Gasteiger partial charge is 0.333 e. The Morgan fingerprint density at radius 1 is 0.769 bits per heavy atom. The van der Waals surface area contributed by atoms with E-state index in [0.717, 1.165) is 16.7 Å². The summed E-state index contributed by atoms with van der Waals surface area (Å²) in [6.45, 7) is 1.86. The monoisotopic (exact) mass is 366 g/mol. The van der Waals surface area contributed by atoms with Gasteiger partial charge in [-0.3, -0.25) is 0 Å². The molecule has 5 nitrogen and oxygen atoms in total. The summed E-state index contributed by atoms with van der Waals surface area (Å²) in [5.41, 5.74) is 3.50. The van der Waals surface area contributed by atoms with Crippen molar-refractivity contribution in [3.8, 4) is 11.1 Å². The summed E-state index contributed by atoms with van der Waals surface area (Å²) in [5, 5.41) is 2.53. The molecule has 0 bridgehead atoms. The molecule has 3 aromatic carbocycles. The number of amides is 2. The first kappa shape index (κ1) is 17.7. The molecule has 0 saturated carbocycles. The van der Waals surface area contributed by atoms with E-state index in [1.165, 1.54) is 12.1 Å². The number of hydrogen-bond acceptors (Lipinski definition) is 3. The summed E-state index contributed by atoms with van der Waals surface area (Å²) in [7, 11) is -3.91. The normalized spacial score (nSPS) is 11.0. The number of aryl methyl sites for hydroxylation is 1. The molecule has 0 fully saturated rings. The third-order valence-electron chi connectivity index (χ3n) is 3.81. The molecule has 0 heterocycles. The quantitative estimate of drug-likeness (QED) is 0.727. The molecule has 0 aliphatic carbocycles. The predicted octanol–water partition coefficient (Wildman–Crippen LogP) is 4.17. The SMILES string of the molecule is Cc1ccc(S(=O)(=O)NC(=O)Nc2ccc(-c3ccccc3)cc2)cc1. The van der Waals surface area contributed by atoms with E-state index in [9.17, 15) is 13.2 Å². The second-order valence-corrected chi connectivity index (χ2v) is 7.50. The summed E-state index contributed by atoms with van der Waals surface area (Å²) >= 11 is 0. The zero-order valence-electron chi connectivity index (χ0n) is 14.1. The lowest BCUT2D eigenvalue weighted by Gasteiger charge is -2.09. The number of sulfonamides is 1. The van der Waals surface area contributed by atoms with Crippen molar-refractivity contribution in [3.05, 3.63) is 84.4 Å². The maximum atomic E-state index is 12.2. The highest BCUT2D eigenvalue weighted by molar-refractivity contribution is 7.90. The fourth-order valence-electron chi connectivity index (χ4n) is 2.43. The second-order valence-electron chi connectivity index (χ2n) is 5.82. The van der Waals surface area contributed by atoms with Gasteiger partial charge in [0.05, 0.1) is 4.90 Å². The number of carbonyl (C=O) groups is 1. The van der Waals surface area contributed by atoms with Gasteiger partial charge in [0, 0.05) is 5.69 Å². The first-order valence-electron chi connectivity index (χ1n) is 8.00. The van der Waals surface area contributed by atoms with Gasteiger partial charge in [-0.25, -0.2) is 17.9 Å². The molecule has 0 radical (unpaired) electrons. The lowest BCUT2D eigenvalue weighted by Crippen LogP contribution is -2.34. The maximum absolute atomic E-state index is 12.2. The summed E-state index contributed by atoms with van der Waals surface area (Å²) < 4.78 is 26.4. The molecule has 3 aromatic rings. The van der Waals surface area contributed by atoms with Gasteiger partial charge >= 0.3 is 6.03 Å². The Morgan fingerprint density at radius 2 is 1.35 bits per heavy atom. The molecule has 2 amide bonds. The minimum atomic E-state index is -3.91. The molecule has 0 aromatic heterocycles. The molecular formula is C20H18N2O3S. The minimum Gasteiger partial charge on any atom is -0.307 e. The van der Waals surface area contributed by atoms with Gasteiger partial charge in [-0.1, -0.05) is 60.2 Å². The van der Waals surface area contributed by atoms with Crippen molar-refractivity contribution in [2.45, 2.75) is 11.8 Å². The third-order valence-corrected chi connectivity index (χ3v) is 5.16. The highest BCUT2D eigenvalue weighted by atomic mass is 32.2. The van der Waals surface area contributed by atoms with Gasteiger partial charge in [0.25, 0.3) is 10.0 Å². The minimum absolute atomic E-state index is 0.0395. The van der Waals surface area contributed by atoms with E-state index in [2.05, 4.69) is 5.32 Å². The van der Waals surface area contributed by atoms with Crippen LogP contribution in [0.2, 0.25) is 0 Å². The molecule has 0 unspecified atom stereocenters.